The molecule has 0 aliphatic heterocycles. The van der Waals surface area contributed by atoms with Crippen molar-refractivity contribution in [3.63, 3.8) is 0 Å². The Balaban J connectivity index is 1.86. The minimum atomic E-state index is -1.87. The van der Waals surface area contributed by atoms with Crippen molar-refractivity contribution in [1.82, 2.24) is 9.97 Å². The number of aliphatic hydroxyl groups excluding tert-OH is 1. The number of nitrogens with one attached hydrogen (secondary N) is 2. The van der Waals surface area contributed by atoms with E-state index in [1.165, 1.54) is 0 Å². The largest absolute Gasteiger partial charge is 0.450 e. The van der Waals surface area contributed by atoms with Crippen molar-refractivity contribution in [1.29, 1.82) is 5.26 Å². The van der Waals surface area contributed by atoms with E-state index in [9.17, 15) is 19.4 Å². The lowest BCUT2D eigenvalue weighted by molar-refractivity contribution is 0.164. The zero-order chi connectivity index (χ0) is 24.5. The number of nitrogens with zero attached hydrogens (tertiary/aromatic N) is 4. The van der Waals surface area contributed by atoms with Gasteiger partial charge in [-0.1, -0.05) is 29.2 Å². The van der Waals surface area contributed by atoms with E-state index in [4.69, 9.17) is 0 Å². The smallest absolute Gasteiger partial charge is 0.410 e. The average Bonchev–Trinajstić information content (AvgIpc) is 2.84. The lowest BCUT2D eigenvalue weighted by Gasteiger charge is -2.17. The highest BCUT2D eigenvalue weighted by Crippen LogP contribution is 2.28. The number of amides is 1. The summed E-state index contributed by atoms with van der Waals surface area (Å²) < 4.78 is 20.3. The van der Waals surface area contributed by atoms with E-state index in [-0.39, 0.29) is 25.2 Å². The van der Waals surface area contributed by atoms with Crippen LogP contribution in [0.2, 0.25) is 0 Å². The second-order valence-electron chi connectivity index (χ2n) is 7.07. The van der Waals surface area contributed by atoms with Gasteiger partial charge in [0.15, 0.2) is 0 Å². The molecule has 10 nitrogen and oxygen atoms in total. The molecule has 0 aliphatic carbocycles. The highest BCUT2D eigenvalue weighted by atomic mass is 32.2. The monoisotopic (exact) mass is 479 g/mol. The Hall–Kier alpha value is -4.01. The normalized spacial score (nSPS) is 12.4. The summed E-state index contributed by atoms with van der Waals surface area (Å²) in [5.74, 6) is 0.776. The number of hydrogen-bond donors (Lipinski definition) is 3. The first kappa shape index (κ1) is 24.6. The second-order valence-corrected chi connectivity index (χ2v) is 8.22. The van der Waals surface area contributed by atoms with E-state index in [0.29, 0.717) is 27.5 Å². The summed E-state index contributed by atoms with van der Waals surface area (Å²) in [5.41, 5.74) is 2.56. The number of nitriles is 1. The van der Waals surface area contributed by atoms with Gasteiger partial charge in [-0.2, -0.15) is 10.2 Å². The molecule has 1 atom stereocenters. The van der Waals surface area contributed by atoms with Crippen molar-refractivity contribution in [3.8, 4) is 17.2 Å². The molecule has 2 aromatic carbocycles. The molecule has 1 aromatic heterocycles. The Kier molecular flexibility index (Phi) is 8.50. The number of aliphatic hydroxyl groups is 1. The van der Waals surface area contributed by atoms with E-state index in [2.05, 4.69) is 35.8 Å². The molecule has 0 fully saturated rings. The van der Waals surface area contributed by atoms with Crippen LogP contribution >= 0.6 is 0 Å². The van der Waals surface area contributed by atoms with Gasteiger partial charge in [-0.05, 0) is 43.7 Å². The molecule has 3 rings (SSSR count). The number of anilines is 3. The molecule has 0 unspecified atom stereocenters. The maximum absolute atomic E-state index is 12.1. The fraction of sp³-hybridized carbons (Fsp3) is 0.217. The third-order valence-corrected chi connectivity index (χ3v) is 5.48. The van der Waals surface area contributed by atoms with Gasteiger partial charge in [0.1, 0.15) is 5.82 Å². The Morgan fingerprint density at radius 2 is 2.06 bits per heavy atom. The number of hydrogen-bond acceptors (Lipinski definition) is 10. The van der Waals surface area contributed by atoms with Gasteiger partial charge >= 0.3 is 6.09 Å². The number of ether oxygens (including phenoxy) is 1. The minimum Gasteiger partial charge on any atom is -0.450 e. The Morgan fingerprint density at radius 1 is 1.29 bits per heavy atom. The third kappa shape index (κ3) is 6.50. The summed E-state index contributed by atoms with van der Waals surface area (Å²) in [4.78, 5) is 20.6. The Morgan fingerprint density at radius 3 is 2.74 bits per heavy atom. The van der Waals surface area contributed by atoms with Crippen LogP contribution in [0.3, 0.4) is 0 Å². The summed E-state index contributed by atoms with van der Waals surface area (Å²) in [5, 5.41) is 24.9. The minimum absolute atomic E-state index is 0.0973. The summed E-state index contributed by atoms with van der Waals surface area (Å²) in [6.07, 6.45) is 0.744. The van der Waals surface area contributed by atoms with E-state index in [0.717, 1.165) is 5.56 Å². The molecule has 0 saturated heterocycles. The summed E-state index contributed by atoms with van der Waals surface area (Å²) in [7, 11) is -1.87. The number of aromatic nitrogens is 2. The van der Waals surface area contributed by atoms with Crippen molar-refractivity contribution in [2.24, 2.45) is 4.36 Å². The van der Waals surface area contributed by atoms with Crippen molar-refractivity contribution < 1.29 is 18.8 Å². The van der Waals surface area contributed by atoms with E-state index in [1.54, 1.807) is 55.6 Å². The molecule has 3 N–H and O–H groups in total. The molecular weight excluding hydrogens is 456 g/mol. The second kappa shape index (κ2) is 11.7. The molecule has 176 valence electrons. The standard InChI is InChI=1S/C23H23N6O4S/c1-3-33-23(31)29-34(32)19-9-7-18(8-10-19)27-22-25-13-20(21(28-22)26-15(2)14-30)17-6-4-5-16(11-17)12-24/h4-11,13,15,30H,3,14H2,1-2H3,(H2,25,26,27,28)/q-1/t15-/m1/s1. The first-order valence-corrected chi connectivity index (χ1v) is 11.5. The molecule has 0 aliphatic rings. The molecular formula is C23H23N6O4S-. The first-order chi connectivity index (χ1) is 16.4. The Labute approximate surface area is 198 Å². The summed E-state index contributed by atoms with van der Waals surface area (Å²) >= 11 is 0. The maximum Gasteiger partial charge on any atom is 0.410 e. The van der Waals surface area contributed by atoms with Crippen LogP contribution in [0.25, 0.3) is 11.1 Å². The number of rotatable bonds is 8. The van der Waals surface area contributed by atoms with Gasteiger partial charge in [0.25, 0.3) is 0 Å². The fourth-order valence-corrected chi connectivity index (χ4v) is 3.52. The van der Waals surface area contributed by atoms with Crippen LogP contribution in [0.15, 0.2) is 64.0 Å². The predicted molar refractivity (Wildman–Crippen MR) is 128 cm³/mol. The molecule has 1 heterocycles. The predicted octanol–water partition coefficient (Wildman–Crippen LogP) is 4.21. The highest BCUT2D eigenvalue weighted by Gasteiger charge is 2.13. The van der Waals surface area contributed by atoms with Crippen LogP contribution in [-0.4, -0.2) is 40.4 Å². The van der Waals surface area contributed by atoms with E-state index < -0.39 is 16.7 Å². The van der Waals surface area contributed by atoms with Crippen LogP contribution in [0.4, 0.5) is 22.2 Å². The van der Waals surface area contributed by atoms with Gasteiger partial charge in [-0.25, -0.2) is 9.78 Å². The molecule has 34 heavy (non-hydrogen) atoms. The fourth-order valence-electron chi connectivity index (χ4n) is 2.85. The number of carbonyl (C=O) groups is 1. The lowest BCUT2D eigenvalue weighted by Crippen LogP contribution is -2.21. The molecule has 0 radical (unpaired) electrons. The summed E-state index contributed by atoms with van der Waals surface area (Å²) in [6.45, 7) is 3.50. The lowest BCUT2D eigenvalue weighted by atomic mass is 10.1. The quantitative estimate of drug-likeness (QED) is 0.404. The molecule has 3 aromatic rings. The van der Waals surface area contributed by atoms with Crippen molar-refractivity contribution in [2.45, 2.75) is 24.8 Å². The topological polar surface area (TPSA) is 150 Å². The maximum atomic E-state index is 12.1. The van der Waals surface area contributed by atoms with E-state index in [1.807, 2.05) is 13.0 Å². The number of benzene rings is 2. The van der Waals surface area contributed by atoms with Crippen LogP contribution < -0.4 is 10.6 Å². The average molecular weight is 480 g/mol. The molecule has 0 bridgehead atoms. The van der Waals surface area contributed by atoms with Crippen molar-refractivity contribution >= 4 is 34.1 Å². The van der Waals surface area contributed by atoms with E-state index >= 15 is 0 Å². The van der Waals surface area contributed by atoms with Gasteiger partial charge in [-0.15, -0.1) is 10.6 Å². The van der Waals surface area contributed by atoms with Crippen molar-refractivity contribution in [3.05, 3.63) is 60.3 Å². The first-order valence-electron chi connectivity index (χ1n) is 10.4. The zero-order valence-corrected chi connectivity index (χ0v) is 19.4. The zero-order valence-electron chi connectivity index (χ0n) is 18.6. The SMILES string of the molecule is CCOC(=O)N=[S-](=O)c1ccc(Nc2ncc(-c3cccc(C#N)c3)c(N[C@H](C)CO)n2)cc1. The molecule has 0 spiro atoms. The molecule has 0 saturated carbocycles. The van der Waals surface area contributed by atoms with Crippen LogP contribution in [0, 0.1) is 11.3 Å². The highest BCUT2D eigenvalue weighted by molar-refractivity contribution is 7.75. The van der Waals surface area contributed by atoms with Gasteiger partial charge in [-0.3, -0.25) is 4.36 Å². The van der Waals surface area contributed by atoms with Gasteiger partial charge in [0.2, 0.25) is 5.95 Å². The molecule has 11 heteroatoms. The third-order valence-electron chi connectivity index (χ3n) is 4.49. The van der Waals surface area contributed by atoms with Crippen molar-refractivity contribution in [2.75, 3.05) is 23.8 Å². The van der Waals surface area contributed by atoms with Gasteiger partial charge < -0.3 is 24.7 Å². The van der Waals surface area contributed by atoms with Gasteiger partial charge in [0.05, 0.1) is 24.8 Å². The number of carbonyl (C=O) groups excluding carboxylic acids is 1. The molecule has 1 amide bonds. The van der Waals surface area contributed by atoms with Gasteiger partial charge in [0, 0.05) is 23.5 Å². The summed E-state index contributed by atoms with van der Waals surface area (Å²) in [6, 6.07) is 15.4. The van der Waals surface area contributed by atoms with Crippen LogP contribution in [0.1, 0.15) is 19.4 Å². The Bertz CT molecular complexity index is 1280. The van der Waals surface area contributed by atoms with Crippen LogP contribution in [0.5, 0.6) is 0 Å². The van der Waals surface area contributed by atoms with Crippen LogP contribution in [-0.2, 0) is 19.5 Å².